The van der Waals surface area contributed by atoms with Crippen LogP contribution in [0.25, 0.3) is 0 Å². The molecule has 1 saturated heterocycles. The van der Waals surface area contributed by atoms with Gasteiger partial charge in [-0.05, 0) is 19.8 Å². The van der Waals surface area contributed by atoms with Crippen molar-refractivity contribution in [1.29, 1.82) is 0 Å². The van der Waals surface area contributed by atoms with Crippen molar-refractivity contribution >= 4 is 16.9 Å². The zero-order chi connectivity index (χ0) is 12.5. The van der Waals surface area contributed by atoms with Crippen LogP contribution < -0.4 is 5.32 Å². The van der Waals surface area contributed by atoms with Gasteiger partial charge in [-0.3, -0.25) is 4.99 Å². The zero-order valence-corrected chi connectivity index (χ0v) is 11.9. The molecule has 1 aliphatic rings. The topological polar surface area (TPSA) is 42.9 Å². The predicted octanol–water partition coefficient (Wildman–Crippen LogP) is 1.90. The van der Waals surface area contributed by atoms with E-state index < -0.39 is 0 Å². The van der Waals surface area contributed by atoms with E-state index in [0.29, 0.717) is 24.5 Å². The van der Waals surface area contributed by atoms with Gasteiger partial charge in [0.1, 0.15) is 0 Å². The van der Waals surface area contributed by atoms with E-state index in [1.54, 1.807) is 7.11 Å². The first-order valence-electron chi connectivity index (χ1n) is 6.26. The van der Waals surface area contributed by atoms with Gasteiger partial charge in [-0.2, -0.15) is 0 Å². The molecule has 1 aliphatic heterocycles. The van der Waals surface area contributed by atoms with Gasteiger partial charge in [-0.1, -0.05) is 18.7 Å². The molecule has 0 saturated carbocycles. The first-order valence-corrected chi connectivity index (χ1v) is 7.14. The molecule has 1 rings (SSSR count). The fraction of sp³-hybridized carbons (Fsp3) is 0.917. The molecular weight excluding hydrogens is 236 g/mol. The maximum atomic E-state index is 5.38. The molecule has 5 heteroatoms. The Balaban J connectivity index is 2.07. The van der Waals surface area contributed by atoms with Crippen LogP contribution in [0.4, 0.5) is 0 Å². The highest BCUT2D eigenvalue weighted by molar-refractivity contribution is 8.14. The summed E-state index contributed by atoms with van der Waals surface area (Å²) in [7, 11) is 1.68. The molecule has 0 aromatic rings. The van der Waals surface area contributed by atoms with Gasteiger partial charge in [0.05, 0.1) is 13.2 Å². The lowest BCUT2D eigenvalue weighted by Gasteiger charge is -2.26. The first-order chi connectivity index (χ1) is 8.22. The van der Waals surface area contributed by atoms with Crippen LogP contribution in [0.3, 0.4) is 0 Å². The number of hydrogen-bond donors (Lipinski definition) is 1. The van der Waals surface area contributed by atoms with E-state index in [9.17, 15) is 0 Å². The van der Waals surface area contributed by atoms with Crippen LogP contribution in [0.1, 0.15) is 26.7 Å². The van der Waals surface area contributed by atoms with Crippen LogP contribution in [0.5, 0.6) is 0 Å². The molecule has 0 aliphatic carbocycles. The summed E-state index contributed by atoms with van der Waals surface area (Å²) in [6, 6.07) is 0.544. The minimum absolute atomic E-state index is 0.544. The average molecular weight is 260 g/mol. The Bertz CT molecular complexity index is 225. The van der Waals surface area contributed by atoms with Crippen LogP contribution in [0.15, 0.2) is 4.99 Å². The number of rotatable bonds is 7. The predicted molar refractivity (Wildman–Crippen MR) is 73.9 cm³/mol. The lowest BCUT2D eigenvalue weighted by Crippen LogP contribution is -2.38. The van der Waals surface area contributed by atoms with E-state index in [-0.39, 0.29) is 0 Å². The van der Waals surface area contributed by atoms with Gasteiger partial charge in [0.25, 0.3) is 0 Å². The number of aliphatic imine (C=N–C) groups is 1. The smallest absolute Gasteiger partial charge is 0.157 e. The number of nitrogens with zero attached hydrogens (tertiary/aromatic N) is 1. The monoisotopic (exact) mass is 260 g/mol. The molecular formula is C12H24N2O2S. The van der Waals surface area contributed by atoms with Crippen molar-refractivity contribution in [1.82, 2.24) is 5.32 Å². The van der Waals surface area contributed by atoms with Crippen molar-refractivity contribution in [3.05, 3.63) is 0 Å². The second-order valence-corrected chi connectivity index (χ2v) is 5.78. The summed E-state index contributed by atoms with van der Waals surface area (Å²) >= 11 is 1.84. The molecule has 4 nitrogen and oxygen atoms in total. The van der Waals surface area contributed by atoms with Crippen molar-refractivity contribution in [3.8, 4) is 0 Å². The standard InChI is InChI=1S/C12H24N2O2S/c1-10-9-11(2)17-12(14-10)13-5-4-6-16-8-7-15-3/h10-11H,4-9H2,1-3H3,(H,13,14). The maximum absolute atomic E-state index is 5.38. The molecule has 100 valence electrons. The van der Waals surface area contributed by atoms with Crippen molar-refractivity contribution in [2.24, 2.45) is 4.99 Å². The molecule has 0 amide bonds. The van der Waals surface area contributed by atoms with E-state index >= 15 is 0 Å². The van der Waals surface area contributed by atoms with Gasteiger partial charge in [0, 0.05) is 31.6 Å². The molecule has 2 unspecified atom stereocenters. The van der Waals surface area contributed by atoms with Crippen molar-refractivity contribution in [2.45, 2.75) is 38.0 Å². The molecule has 2 atom stereocenters. The summed E-state index contributed by atoms with van der Waals surface area (Å²) in [5, 5.41) is 5.17. The maximum Gasteiger partial charge on any atom is 0.157 e. The Morgan fingerprint density at radius 2 is 2.18 bits per heavy atom. The van der Waals surface area contributed by atoms with Crippen LogP contribution >= 0.6 is 11.8 Å². The Morgan fingerprint density at radius 3 is 2.88 bits per heavy atom. The molecule has 1 fully saturated rings. The Kier molecular flexibility index (Phi) is 7.64. The van der Waals surface area contributed by atoms with Gasteiger partial charge in [-0.15, -0.1) is 0 Å². The molecule has 1 heterocycles. The third-order valence-electron chi connectivity index (χ3n) is 2.50. The van der Waals surface area contributed by atoms with Gasteiger partial charge in [-0.25, -0.2) is 0 Å². The second-order valence-electron chi connectivity index (χ2n) is 4.36. The molecule has 0 bridgehead atoms. The van der Waals surface area contributed by atoms with Crippen LogP contribution in [0, 0.1) is 0 Å². The molecule has 0 spiro atoms. The summed E-state index contributed by atoms with van der Waals surface area (Å²) in [4.78, 5) is 4.56. The summed E-state index contributed by atoms with van der Waals surface area (Å²) in [5.74, 6) is 0. The SMILES string of the molecule is COCCOCCCN=C1NC(C)CC(C)S1. The summed E-state index contributed by atoms with van der Waals surface area (Å²) in [6.45, 7) is 7.40. The van der Waals surface area contributed by atoms with Crippen LogP contribution in [0.2, 0.25) is 0 Å². The molecule has 0 aromatic heterocycles. The number of thioether (sulfide) groups is 1. The summed E-state index contributed by atoms with van der Waals surface area (Å²) < 4.78 is 10.3. The molecule has 17 heavy (non-hydrogen) atoms. The second kappa shape index (κ2) is 8.78. The third-order valence-corrected chi connectivity index (χ3v) is 3.57. The first kappa shape index (κ1) is 14.8. The van der Waals surface area contributed by atoms with Crippen LogP contribution in [-0.4, -0.2) is 49.9 Å². The number of nitrogens with one attached hydrogen (secondary N) is 1. The highest BCUT2D eigenvalue weighted by Crippen LogP contribution is 2.22. The van der Waals surface area contributed by atoms with Crippen molar-refractivity contribution in [2.75, 3.05) is 33.5 Å². The number of methoxy groups -OCH3 is 1. The van der Waals surface area contributed by atoms with Gasteiger partial charge >= 0.3 is 0 Å². The third kappa shape index (κ3) is 6.91. The van der Waals surface area contributed by atoms with Crippen molar-refractivity contribution < 1.29 is 9.47 Å². The lowest BCUT2D eigenvalue weighted by molar-refractivity contribution is 0.0702. The Hall–Kier alpha value is -0.260. The van der Waals surface area contributed by atoms with Crippen molar-refractivity contribution in [3.63, 3.8) is 0 Å². The largest absolute Gasteiger partial charge is 0.382 e. The molecule has 0 aromatic carbocycles. The summed E-state index contributed by atoms with van der Waals surface area (Å²) in [5.41, 5.74) is 0. The number of amidine groups is 1. The van der Waals surface area contributed by atoms with E-state index in [1.807, 2.05) is 11.8 Å². The Morgan fingerprint density at radius 1 is 1.35 bits per heavy atom. The van der Waals surface area contributed by atoms with E-state index in [2.05, 4.69) is 24.2 Å². The van der Waals surface area contributed by atoms with Gasteiger partial charge in [0.2, 0.25) is 0 Å². The molecule has 1 N–H and O–H groups in total. The van der Waals surface area contributed by atoms with Crippen LogP contribution in [-0.2, 0) is 9.47 Å². The average Bonchev–Trinajstić information content (AvgIpc) is 2.26. The van der Waals surface area contributed by atoms with E-state index in [1.165, 1.54) is 6.42 Å². The fourth-order valence-electron chi connectivity index (χ4n) is 1.71. The fourth-order valence-corrected chi connectivity index (χ4v) is 2.92. The van der Waals surface area contributed by atoms with Gasteiger partial charge in [0.15, 0.2) is 5.17 Å². The van der Waals surface area contributed by atoms with Gasteiger partial charge < -0.3 is 14.8 Å². The number of ether oxygens (including phenoxy) is 2. The normalized spacial score (nSPS) is 27.1. The van der Waals surface area contributed by atoms with E-state index in [0.717, 1.165) is 24.7 Å². The quantitative estimate of drug-likeness (QED) is 0.710. The highest BCUT2D eigenvalue weighted by atomic mass is 32.2. The molecule has 0 radical (unpaired) electrons. The van der Waals surface area contributed by atoms with E-state index in [4.69, 9.17) is 9.47 Å². The highest BCUT2D eigenvalue weighted by Gasteiger charge is 2.19. The minimum Gasteiger partial charge on any atom is -0.382 e. The summed E-state index contributed by atoms with van der Waals surface area (Å²) in [6.07, 6.45) is 2.18. The Labute approximate surface area is 109 Å². The lowest BCUT2D eigenvalue weighted by atomic mass is 10.2. The zero-order valence-electron chi connectivity index (χ0n) is 11.1. The minimum atomic E-state index is 0.544. The number of hydrogen-bond acceptors (Lipinski definition) is 4.